The highest BCUT2D eigenvalue weighted by molar-refractivity contribution is 7.12. The maximum Gasteiger partial charge on any atom is 0.274 e. The third-order valence-electron chi connectivity index (χ3n) is 6.57. The second-order valence-corrected chi connectivity index (χ2v) is 9.47. The minimum atomic E-state index is -0.625. The summed E-state index contributed by atoms with van der Waals surface area (Å²) >= 11 is 7.47. The van der Waals surface area contributed by atoms with Gasteiger partial charge >= 0.3 is 0 Å². The number of Topliss-reactive ketones (excluding diaryl/α,β-unsaturated/α-hetero) is 1. The van der Waals surface area contributed by atoms with E-state index in [-0.39, 0.29) is 51.9 Å². The number of hydrogen-bond donors (Lipinski definition) is 0. The van der Waals surface area contributed by atoms with Crippen LogP contribution < -0.4 is 0 Å². The Hall–Kier alpha value is -2.51. The highest BCUT2D eigenvalue weighted by atomic mass is 35.5. The summed E-state index contributed by atoms with van der Waals surface area (Å²) in [6.45, 7) is -0.392. The van der Waals surface area contributed by atoms with Crippen molar-refractivity contribution in [3.05, 3.63) is 57.2 Å². The number of ketones is 1. The highest BCUT2D eigenvalue weighted by Crippen LogP contribution is 2.56. The predicted molar refractivity (Wildman–Crippen MR) is 111 cm³/mol. The molecule has 1 aromatic carbocycles. The number of halogens is 1. The van der Waals surface area contributed by atoms with Crippen molar-refractivity contribution in [3.63, 3.8) is 0 Å². The summed E-state index contributed by atoms with van der Waals surface area (Å²) in [6, 6.07) is 9.84. The predicted octanol–water partition coefficient (Wildman–Crippen LogP) is 3.67. The zero-order chi connectivity index (χ0) is 21.0. The van der Waals surface area contributed by atoms with Gasteiger partial charge in [-0.2, -0.15) is 5.01 Å². The van der Waals surface area contributed by atoms with Gasteiger partial charge in [-0.25, -0.2) is 5.01 Å². The summed E-state index contributed by atoms with van der Waals surface area (Å²) in [7, 11) is 0. The molecule has 3 amide bonds. The van der Waals surface area contributed by atoms with E-state index in [9.17, 15) is 19.2 Å². The number of imide groups is 1. The first-order valence-electron chi connectivity index (χ1n) is 9.98. The van der Waals surface area contributed by atoms with Gasteiger partial charge in [0.05, 0.1) is 27.3 Å². The Morgan fingerprint density at radius 2 is 1.70 bits per heavy atom. The lowest BCUT2D eigenvalue weighted by Gasteiger charge is -2.30. The monoisotopic (exact) mass is 442 g/mol. The summed E-state index contributed by atoms with van der Waals surface area (Å²) < 4.78 is 0. The summed E-state index contributed by atoms with van der Waals surface area (Å²) in [5.74, 6) is -2.07. The fourth-order valence-electron chi connectivity index (χ4n) is 5.29. The van der Waals surface area contributed by atoms with E-state index in [4.69, 9.17) is 11.6 Å². The first kappa shape index (κ1) is 19.5. The van der Waals surface area contributed by atoms with E-state index >= 15 is 0 Å². The van der Waals surface area contributed by atoms with Gasteiger partial charge in [0.15, 0.2) is 5.78 Å². The van der Waals surface area contributed by atoms with Gasteiger partial charge in [0.2, 0.25) is 0 Å². The van der Waals surface area contributed by atoms with E-state index in [1.165, 1.54) is 17.4 Å². The molecule has 5 rings (SSSR count). The standard InChI is InChI=1S/C22H19ClN2O4S/c23-15-5-2-1-4-14(15)20(27)24(11-16(26)17-6-3-9-30-17)25-21(28)18-12-7-8-13(10-12)19(18)22(25)29/h1-6,9,12-13,18-19H,7-8,10-11H2/t12-,13-,18-,19+/m0/s1. The van der Waals surface area contributed by atoms with Gasteiger partial charge in [-0.3, -0.25) is 19.2 Å². The number of benzene rings is 1. The first-order chi connectivity index (χ1) is 14.5. The van der Waals surface area contributed by atoms with E-state index < -0.39 is 12.5 Å². The maximum atomic E-state index is 13.4. The van der Waals surface area contributed by atoms with Crippen molar-refractivity contribution in [2.24, 2.45) is 23.7 Å². The van der Waals surface area contributed by atoms with Crippen LogP contribution in [0.5, 0.6) is 0 Å². The van der Waals surface area contributed by atoms with Gasteiger partial charge in [-0.05, 0) is 54.7 Å². The first-order valence-corrected chi connectivity index (χ1v) is 11.2. The Balaban J connectivity index is 1.52. The highest BCUT2D eigenvalue weighted by Gasteiger charge is 2.62. The van der Waals surface area contributed by atoms with Crippen LogP contribution in [-0.2, 0) is 9.59 Å². The van der Waals surface area contributed by atoms with Crippen molar-refractivity contribution in [1.82, 2.24) is 10.0 Å². The molecule has 2 aromatic rings. The molecule has 1 saturated heterocycles. The van der Waals surface area contributed by atoms with Crippen molar-refractivity contribution in [1.29, 1.82) is 0 Å². The molecule has 3 fully saturated rings. The van der Waals surface area contributed by atoms with E-state index in [2.05, 4.69) is 0 Å². The van der Waals surface area contributed by atoms with Gasteiger partial charge in [0.25, 0.3) is 17.7 Å². The molecule has 6 nitrogen and oxygen atoms in total. The zero-order valence-corrected chi connectivity index (χ0v) is 17.6. The normalized spacial score (nSPS) is 26.9. The number of carbonyl (C=O) groups excluding carboxylic acids is 4. The molecule has 30 heavy (non-hydrogen) atoms. The lowest BCUT2D eigenvalue weighted by molar-refractivity contribution is -0.154. The molecule has 2 aliphatic carbocycles. The molecule has 1 aromatic heterocycles. The van der Waals surface area contributed by atoms with E-state index in [1.807, 2.05) is 0 Å². The number of hydrazine groups is 1. The molecule has 2 saturated carbocycles. The van der Waals surface area contributed by atoms with Crippen LogP contribution in [0.2, 0.25) is 5.02 Å². The van der Waals surface area contributed by atoms with Crippen LogP contribution in [0.4, 0.5) is 0 Å². The second kappa shape index (κ2) is 7.32. The molecule has 0 N–H and O–H groups in total. The Kier molecular flexibility index (Phi) is 4.75. The quantitative estimate of drug-likeness (QED) is 0.523. The van der Waals surface area contributed by atoms with Crippen LogP contribution in [0.1, 0.15) is 39.3 Å². The lowest BCUT2D eigenvalue weighted by atomic mass is 9.81. The SMILES string of the molecule is O=C(CN(C(=O)c1ccccc1Cl)N1C(=O)[C@@H]2[C@H]3CC[C@@H](C3)[C@@H]2C1=O)c1cccs1. The molecule has 0 radical (unpaired) electrons. The zero-order valence-electron chi connectivity index (χ0n) is 16.0. The minimum Gasteiger partial charge on any atom is -0.291 e. The molecule has 2 heterocycles. The van der Waals surface area contributed by atoms with Crippen LogP contribution in [0, 0.1) is 23.7 Å². The maximum absolute atomic E-state index is 13.4. The molecular formula is C22H19ClN2O4S. The number of hydrogen-bond acceptors (Lipinski definition) is 5. The molecule has 154 valence electrons. The molecule has 2 bridgehead atoms. The smallest absolute Gasteiger partial charge is 0.274 e. The summed E-state index contributed by atoms with van der Waals surface area (Å²) in [5.41, 5.74) is 0.152. The number of nitrogens with zero attached hydrogens (tertiary/aromatic N) is 2. The molecule has 1 aliphatic heterocycles. The van der Waals surface area contributed by atoms with Crippen molar-refractivity contribution >= 4 is 46.4 Å². The number of carbonyl (C=O) groups is 4. The van der Waals surface area contributed by atoms with Crippen molar-refractivity contribution in [2.45, 2.75) is 19.3 Å². The fraction of sp³-hybridized carbons (Fsp3) is 0.364. The molecule has 4 atom stereocenters. The molecule has 8 heteroatoms. The van der Waals surface area contributed by atoms with Crippen LogP contribution in [0.3, 0.4) is 0 Å². The number of thiophene rings is 1. The van der Waals surface area contributed by atoms with E-state index in [0.29, 0.717) is 4.88 Å². The largest absolute Gasteiger partial charge is 0.291 e. The van der Waals surface area contributed by atoms with E-state index in [1.54, 1.807) is 35.7 Å². The van der Waals surface area contributed by atoms with Gasteiger partial charge < -0.3 is 0 Å². The van der Waals surface area contributed by atoms with Crippen LogP contribution >= 0.6 is 22.9 Å². The van der Waals surface area contributed by atoms with Crippen LogP contribution in [-0.4, -0.2) is 40.1 Å². The molecular weight excluding hydrogens is 424 g/mol. The number of fused-ring (bicyclic) bond motifs is 5. The van der Waals surface area contributed by atoms with Crippen LogP contribution in [0.15, 0.2) is 41.8 Å². The topological polar surface area (TPSA) is 74.8 Å². The Morgan fingerprint density at radius 3 is 2.30 bits per heavy atom. The van der Waals surface area contributed by atoms with Gasteiger partial charge in [-0.15, -0.1) is 11.3 Å². The third kappa shape index (κ3) is 2.91. The minimum absolute atomic E-state index is 0.152. The third-order valence-corrected chi connectivity index (χ3v) is 7.81. The molecule has 0 unspecified atom stereocenters. The van der Waals surface area contributed by atoms with E-state index in [0.717, 1.165) is 29.3 Å². The molecule has 0 spiro atoms. The number of rotatable bonds is 5. The van der Waals surface area contributed by atoms with Crippen LogP contribution in [0.25, 0.3) is 0 Å². The van der Waals surface area contributed by atoms with Crippen molar-refractivity contribution in [2.75, 3.05) is 6.54 Å². The summed E-state index contributed by atoms with van der Waals surface area (Å²) in [6.07, 6.45) is 2.77. The average molecular weight is 443 g/mol. The van der Waals surface area contributed by atoms with Crippen molar-refractivity contribution in [3.8, 4) is 0 Å². The lowest BCUT2D eigenvalue weighted by Crippen LogP contribution is -2.52. The average Bonchev–Trinajstić information content (AvgIpc) is 3.52. The Bertz CT molecular complexity index is 1030. The Morgan fingerprint density at radius 1 is 1.03 bits per heavy atom. The fourth-order valence-corrected chi connectivity index (χ4v) is 6.16. The number of amides is 3. The summed E-state index contributed by atoms with van der Waals surface area (Å²) in [5, 5.41) is 3.92. The summed E-state index contributed by atoms with van der Waals surface area (Å²) in [4.78, 5) is 53.3. The van der Waals surface area contributed by atoms with Gasteiger partial charge in [0.1, 0.15) is 6.54 Å². The second-order valence-electron chi connectivity index (χ2n) is 8.12. The van der Waals surface area contributed by atoms with Crippen molar-refractivity contribution < 1.29 is 19.2 Å². The van der Waals surface area contributed by atoms with Gasteiger partial charge in [-0.1, -0.05) is 29.8 Å². The molecule has 3 aliphatic rings. The van der Waals surface area contributed by atoms with Gasteiger partial charge in [0, 0.05) is 0 Å². The Labute approximate surface area is 182 Å².